The molecular formula is C10H18O. The zero-order valence-corrected chi connectivity index (χ0v) is 7.92. The van der Waals surface area contributed by atoms with E-state index in [-0.39, 0.29) is 0 Å². The van der Waals surface area contributed by atoms with Crippen LogP contribution in [0.5, 0.6) is 0 Å². The zero-order valence-electron chi connectivity index (χ0n) is 7.92. The van der Waals surface area contributed by atoms with Crippen molar-refractivity contribution in [3.63, 3.8) is 0 Å². The van der Waals surface area contributed by atoms with Gasteiger partial charge in [0.05, 0.1) is 0 Å². The van der Waals surface area contributed by atoms with Crippen LogP contribution in [-0.2, 0) is 4.79 Å². The zero-order chi connectivity index (χ0) is 8.85. The summed E-state index contributed by atoms with van der Waals surface area (Å²) in [4.78, 5) is 10.2. The van der Waals surface area contributed by atoms with Crippen molar-refractivity contribution in [2.45, 2.75) is 34.1 Å². The SMILES string of the molecule is CC(C)=C[C@H](C)[C@@H](C)CC=O. The van der Waals surface area contributed by atoms with Crippen LogP contribution in [0.25, 0.3) is 0 Å². The third kappa shape index (κ3) is 4.77. The summed E-state index contributed by atoms with van der Waals surface area (Å²) < 4.78 is 0. The summed E-state index contributed by atoms with van der Waals surface area (Å²) in [6, 6.07) is 0. The number of aldehydes is 1. The van der Waals surface area contributed by atoms with Crippen molar-refractivity contribution in [3.05, 3.63) is 11.6 Å². The van der Waals surface area contributed by atoms with Crippen LogP contribution < -0.4 is 0 Å². The summed E-state index contributed by atoms with van der Waals surface area (Å²) >= 11 is 0. The van der Waals surface area contributed by atoms with Gasteiger partial charge in [-0.2, -0.15) is 0 Å². The molecule has 0 saturated carbocycles. The number of carbonyl (C=O) groups is 1. The lowest BCUT2D eigenvalue weighted by Crippen LogP contribution is -2.05. The van der Waals surface area contributed by atoms with E-state index in [2.05, 4.69) is 33.8 Å². The number of carbonyl (C=O) groups excluding carboxylic acids is 1. The highest BCUT2D eigenvalue weighted by Crippen LogP contribution is 2.16. The summed E-state index contributed by atoms with van der Waals surface area (Å²) in [6.45, 7) is 8.44. The van der Waals surface area contributed by atoms with Crippen molar-refractivity contribution in [1.82, 2.24) is 0 Å². The molecule has 2 atom stereocenters. The topological polar surface area (TPSA) is 17.1 Å². The van der Waals surface area contributed by atoms with Crippen LogP contribution in [0, 0.1) is 11.8 Å². The van der Waals surface area contributed by atoms with Gasteiger partial charge in [-0.1, -0.05) is 25.5 Å². The molecule has 0 fully saturated rings. The van der Waals surface area contributed by atoms with Gasteiger partial charge in [0.2, 0.25) is 0 Å². The van der Waals surface area contributed by atoms with Gasteiger partial charge in [0.15, 0.2) is 0 Å². The fourth-order valence-electron chi connectivity index (χ4n) is 1.06. The second-order valence-electron chi connectivity index (χ2n) is 3.48. The maximum Gasteiger partial charge on any atom is 0.120 e. The summed E-state index contributed by atoms with van der Waals surface area (Å²) in [7, 11) is 0. The van der Waals surface area contributed by atoms with E-state index in [0.29, 0.717) is 18.3 Å². The molecule has 0 saturated heterocycles. The third-order valence-corrected chi connectivity index (χ3v) is 1.96. The average Bonchev–Trinajstić information content (AvgIpc) is 1.86. The van der Waals surface area contributed by atoms with Gasteiger partial charge in [-0.05, 0) is 25.7 Å². The standard InChI is InChI=1S/C10H18O/c1-8(2)7-10(4)9(3)5-6-11/h6-7,9-10H,5H2,1-4H3/t9-,10-/m0/s1. The van der Waals surface area contributed by atoms with Crippen molar-refractivity contribution in [3.8, 4) is 0 Å². The van der Waals surface area contributed by atoms with E-state index in [1.807, 2.05) is 0 Å². The monoisotopic (exact) mass is 154 g/mol. The minimum Gasteiger partial charge on any atom is -0.303 e. The molecule has 1 nitrogen and oxygen atoms in total. The predicted molar refractivity (Wildman–Crippen MR) is 48.4 cm³/mol. The van der Waals surface area contributed by atoms with Gasteiger partial charge in [-0.3, -0.25) is 0 Å². The number of allylic oxidation sites excluding steroid dienone is 2. The van der Waals surface area contributed by atoms with E-state index in [4.69, 9.17) is 0 Å². The smallest absolute Gasteiger partial charge is 0.120 e. The molecule has 0 amide bonds. The van der Waals surface area contributed by atoms with Gasteiger partial charge in [0.1, 0.15) is 6.29 Å². The summed E-state index contributed by atoms with van der Waals surface area (Å²) in [6.07, 6.45) is 3.89. The first-order valence-corrected chi connectivity index (χ1v) is 4.16. The number of hydrogen-bond donors (Lipinski definition) is 0. The average molecular weight is 154 g/mol. The Hall–Kier alpha value is -0.590. The Labute approximate surface area is 69.5 Å². The molecule has 0 spiro atoms. The predicted octanol–water partition coefficient (Wildman–Crippen LogP) is 2.81. The van der Waals surface area contributed by atoms with Crippen LogP contribution in [0.3, 0.4) is 0 Å². The van der Waals surface area contributed by atoms with E-state index in [1.165, 1.54) is 5.57 Å². The number of hydrogen-bond acceptors (Lipinski definition) is 1. The van der Waals surface area contributed by atoms with Crippen LogP contribution in [-0.4, -0.2) is 6.29 Å². The Morgan fingerprint density at radius 3 is 2.27 bits per heavy atom. The second kappa shape index (κ2) is 5.11. The second-order valence-corrected chi connectivity index (χ2v) is 3.48. The van der Waals surface area contributed by atoms with E-state index in [0.717, 1.165) is 6.29 Å². The minimum atomic E-state index is 0.474. The first-order chi connectivity index (χ1) is 5.07. The maximum atomic E-state index is 10.2. The van der Waals surface area contributed by atoms with Crippen LogP contribution in [0.4, 0.5) is 0 Å². The molecule has 0 unspecified atom stereocenters. The Morgan fingerprint density at radius 1 is 1.36 bits per heavy atom. The summed E-state index contributed by atoms with van der Waals surface area (Å²) in [5, 5.41) is 0. The molecule has 0 aliphatic rings. The quantitative estimate of drug-likeness (QED) is 0.449. The van der Waals surface area contributed by atoms with Crippen LogP contribution >= 0.6 is 0 Å². The molecule has 64 valence electrons. The fourth-order valence-corrected chi connectivity index (χ4v) is 1.06. The van der Waals surface area contributed by atoms with Gasteiger partial charge in [-0.25, -0.2) is 0 Å². The molecule has 0 radical (unpaired) electrons. The highest BCUT2D eigenvalue weighted by atomic mass is 16.1. The normalized spacial score (nSPS) is 15.3. The molecule has 0 bridgehead atoms. The minimum absolute atomic E-state index is 0.474. The van der Waals surface area contributed by atoms with E-state index >= 15 is 0 Å². The molecule has 0 aromatic heterocycles. The lowest BCUT2D eigenvalue weighted by molar-refractivity contribution is -0.108. The van der Waals surface area contributed by atoms with Gasteiger partial charge >= 0.3 is 0 Å². The maximum absolute atomic E-state index is 10.2. The molecule has 0 aromatic rings. The molecule has 0 rings (SSSR count). The Balaban J connectivity index is 3.91. The lowest BCUT2D eigenvalue weighted by Gasteiger charge is -2.13. The first kappa shape index (κ1) is 10.4. The molecule has 0 heterocycles. The number of rotatable bonds is 4. The Kier molecular flexibility index (Phi) is 4.84. The summed E-state index contributed by atoms with van der Waals surface area (Å²) in [5.41, 5.74) is 1.33. The van der Waals surface area contributed by atoms with Crippen molar-refractivity contribution in [2.75, 3.05) is 0 Å². The van der Waals surface area contributed by atoms with Crippen LogP contribution in [0.1, 0.15) is 34.1 Å². The van der Waals surface area contributed by atoms with Crippen LogP contribution in [0.15, 0.2) is 11.6 Å². The van der Waals surface area contributed by atoms with Gasteiger partial charge < -0.3 is 4.79 Å². The highest BCUT2D eigenvalue weighted by molar-refractivity contribution is 5.49. The van der Waals surface area contributed by atoms with E-state index < -0.39 is 0 Å². The third-order valence-electron chi connectivity index (χ3n) is 1.96. The van der Waals surface area contributed by atoms with Crippen LogP contribution in [0.2, 0.25) is 0 Å². The molecule has 1 heteroatoms. The van der Waals surface area contributed by atoms with Gasteiger partial charge in [-0.15, -0.1) is 0 Å². The van der Waals surface area contributed by atoms with E-state index in [9.17, 15) is 4.79 Å². The van der Waals surface area contributed by atoms with Crippen molar-refractivity contribution >= 4 is 6.29 Å². The Morgan fingerprint density at radius 2 is 1.91 bits per heavy atom. The van der Waals surface area contributed by atoms with E-state index in [1.54, 1.807) is 0 Å². The Bertz CT molecular complexity index is 143. The molecule has 11 heavy (non-hydrogen) atoms. The molecule has 0 aliphatic carbocycles. The molecular weight excluding hydrogens is 136 g/mol. The van der Waals surface area contributed by atoms with Crippen molar-refractivity contribution in [2.24, 2.45) is 11.8 Å². The lowest BCUT2D eigenvalue weighted by atomic mass is 9.92. The largest absolute Gasteiger partial charge is 0.303 e. The first-order valence-electron chi connectivity index (χ1n) is 4.16. The van der Waals surface area contributed by atoms with Crippen molar-refractivity contribution in [1.29, 1.82) is 0 Å². The molecule has 0 aliphatic heterocycles. The molecule has 0 N–H and O–H groups in total. The van der Waals surface area contributed by atoms with Gasteiger partial charge in [0, 0.05) is 6.42 Å². The highest BCUT2D eigenvalue weighted by Gasteiger charge is 2.07. The molecule has 0 aromatic carbocycles. The fraction of sp³-hybridized carbons (Fsp3) is 0.700. The van der Waals surface area contributed by atoms with Crippen molar-refractivity contribution < 1.29 is 4.79 Å². The summed E-state index contributed by atoms with van der Waals surface area (Å²) in [5.74, 6) is 0.993. The van der Waals surface area contributed by atoms with Gasteiger partial charge in [0.25, 0.3) is 0 Å².